The minimum absolute atomic E-state index is 0.902. The molecule has 0 aromatic carbocycles. The van der Waals surface area contributed by atoms with Crippen molar-refractivity contribution in [3.05, 3.63) is 0 Å². The van der Waals surface area contributed by atoms with Crippen molar-refractivity contribution in [3.63, 3.8) is 0 Å². The molecule has 80 valence electrons. The van der Waals surface area contributed by atoms with Gasteiger partial charge in [0.15, 0.2) is 0 Å². The maximum Gasteiger partial charge on any atom is 0.507 e. The first-order valence-electron chi connectivity index (χ1n) is 2.31. The van der Waals surface area contributed by atoms with Crippen molar-refractivity contribution < 1.29 is 28.1 Å². The lowest BCUT2D eigenvalue weighted by atomic mass is 11.7. The zero-order valence-electron chi connectivity index (χ0n) is 6.06. The molecule has 0 saturated heterocycles. The molecular weight excluding hydrogens is 278 g/mol. The van der Waals surface area contributed by atoms with E-state index in [2.05, 4.69) is 8.80 Å². The van der Waals surface area contributed by atoms with Gasteiger partial charge in [-0.1, -0.05) is 0 Å². The second-order valence-electron chi connectivity index (χ2n) is 1.06. The number of halogens is 1. The molecule has 2 N–H and O–H groups in total. The van der Waals surface area contributed by atoms with Gasteiger partial charge in [-0.2, -0.15) is 0 Å². The molecule has 0 fully saturated rings. The van der Waals surface area contributed by atoms with Crippen LogP contribution in [0.1, 0.15) is 0 Å². The fourth-order valence-electron chi connectivity index (χ4n) is 0.0745. The van der Waals surface area contributed by atoms with Crippen LogP contribution in [0.4, 0.5) is 4.20 Å². The Labute approximate surface area is 89.0 Å². The summed E-state index contributed by atoms with van der Waals surface area (Å²) in [4.78, 5) is 32.7. The second kappa shape index (κ2) is 11.0. The predicted octanol–water partition coefficient (Wildman–Crippen LogP) is 1.57. The lowest BCUT2D eigenvalue weighted by Crippen LogP contribution is -1.56. The van der Waals surface area contributed by atoms with E-state index in [1.54, 1.807) is 0 Å². The van der Waals surface area contributed by atoms with Gasteiger partial charge in [-0.15, -0.1) is 13.0 Å². The van der Waals surface area contributed by atoms with Gasteiger partial charge in [0.2, 0.25) is 12.2 Å². The average molecular weight is 280 g/mol. The summed E-state index contributed by atoms with van der Waals surface area (Å²) in [6.07, 6.45) is 2.62. The normalized spacial score (nSPS) is 8.79. The van der Waals surface area contributed by atoms with E-state index in [0.717, 1.165) is 31.8 Å². The molecule has 0 heterocycles. The van der Waals surface area contributed by atoms with Gasteiger partial charge >= 0.3 is 7.91 Å². The van der Waals surface area contributed by atoms with E-state index < -0.39 is 7.91 Å². The topological polar surface area (TPSA) is 116 Å². The number of hydrogen-bond acceptors (Lipinski definition) is 8. The fourth-order valence-corrected chi connectivity index (χ4v) is 1.46. The highest BCUT2D eigenvalue weighted by atomic mass is 33.5. The first kappa shape index (κ1) is 16.3. The molecular formula is C2H2FN2O5PS3. The molecule has 0 spiro atoms. The highest BCUT2D eigenvalue weighted by Gasteiger charge is 2.04. The largest absolute Gasteiger partial charge is 0.507 e. The van der Waals surface area contributed by atoms with Crippen LogP contribution in [0.5, 0.6) is 0 Å². The second-order valence-corrected chi connectivity index (χ2v) is 5.33. The summed E-state index contributed by atoms with van der Waals surface area (Å²) < 4.78 is 25.2. The van der Waals surface area contributed by atoms with Gasteiger partial charge in [0.05, 0.1) is 22.0 Å². The molecule has 0 saturated carbocycles. The Morgan fingerprint density at radius 3 is 1.64 bits per heavy atom. The van der Waals surface area contributed by atoms with Crippen molar-refractivity contribution in [2.24, 2.45) is 8.80 Å². The third-order valence-corrected chi connectivity index (χ3v) is 2.54. The van der Waals surface area contributed by atoms with Crippen LogP contribution in [0.3, 0.4) is 0 Å². The van der Waals surface area contributed by atoms with E-state index in [1.165, 1.54) is 12.2 Å². The molecule has 0 bridgehead atoms. The van der Waals surface area contributed by atoms with E-state index in [4.69, 9.17) is 14.4 Å². The SMILES string of the molecule is O=C=NSSSN=C=O.O=P(O)(O)F. The van der Waals surface area contributed by atoms with Gasteiger partial charge in [0.1, 0.15) is 0 Å². The number of isocyanates is 2. The molecule has 0 aliphatic heterocycles. The van der Waals surface area contributed by atoms with Crippen LogP contribution >= 0.6 is 39.7 Å². The zero-order chi connectivity index (χ0) is 11.4. The molecule has 0 aromatic heterocycles. The van der Waals surface area contributed by atoms with Crippen LogP contribution in [-0.4, -0.2) is 21.9 Å². The third kappa shape index (κ3) is 40.6. The molecule has 0 aromatic rings. The van der Waals surface area contributed by atoms with Crippen LogP contribution in [0, 0.1) is 0 Å². The van der Waals surface area contributed by atoms with E-state index in [0.29, 0.717) is 0 Å². The van der Waals surface area contributed by atoms with Crippen molar-refractivity contribution in [1.29, 1.82) is 0 Å². The number of nitrogens with zero attached hydrogens (tertiary/aromatic N) is 2. The average Bonchev–Trinajstić information content (AvgIpc) is 2.01. The van der Waals surface area contributed by atoms with Crippen molar-refractivity contribution >= 4 is 51.9 Å². The minimum Gasteiger partial charge on any atom is -0.299 e. The molecule has 12 heteroatoms. The molecule has 0 atom stereocenters. The van der Waals surface area contributed by atoms with Crippen molar-refractivity contribution in [2.45, 2.75) is 0 Å². The lowest BCUT2D eigenvalue weighted by molar-refractivity contribution is 0.322. The Kier molecular flexibility index (Phi) is 12.8. The summed E-state index contributed by atoms with van der Waals surface area (Å²) in [6, 6.07) is 0. The summed E-state index contributed by atoms with van der Waals surface area (Å²) in [7, 11) is -2.26. The molecule has 0 radical (unpaired) electrons. The fraction of sp³-hybridized carbons (Fsp3) is 0. The molecule has 14 heavy (non-hydrogen) atoms. The maximum absolute atomic E-state index is 10.4. The van der Waals surface area contributed by atoms with Gasteiger partial charge in [-0.05, 0) is 0 Å². The van der Waals surface area contributed by atoms with Crippen LogP contribution < -0.4 is 0 Å². The zero-order valence-corrected chi connectivity index (χ0v) is 9.41. The van der Waals surface area contributed by atoms with Gasteiger partial charge < -0.3 is 0 Å². The summed E-state index contributed by atoms with van der Waals surface area (Å²) in [6.45, 7) is 0. The highest BCUT2D eigenvalue weighted by molar-refractivity contribution is 9.08. The van der Waals surface area contributed by atoms with Gasteiger partial charge in [-0.3, -0.25) is 9.79 Å². The maximum atomic E-state index is 10.4. The quantitative estimate of drug-likeness (QED) is 0.199. The van der Waals surface area contributed by atoms with E-state index in [9.17, 15) is 13.8 Å². The van der Waals surface area contributed by atoms with Crippen LogP contribution in [-0.2, 0) is 14.2 Å². The first-order valence-corrected chi connectivity index (χ1v) is 7.21. The Hall–Kier alpha value is -0.110. The summed E-state index contributed by atoms with van der Waals surface area (Å²) in [5, 5.41) is 0. The smallest absolute Gasteiger partial charge is 0.299 e. The molecule has 0 amide bonds. The third-order valence-electron chi connectivity index (χ3n) is 0.210. The Morgan fingerprint density at radius 2 is 1.43 bits per heavy atom. The predicted molar refractivity (Wildman–Crippen MR) is 52.2 cm³/mol. The standard InChI is InChI=1S/C2N2O2S3.FH2O3P/c5-1-3-7-9-8-4-2-6;1-5(2,3)4/h;(H2,2,3,4). The Balaban J connectivity index is 0. The van der Waals surface area contributed by atoms with E-state index in [1.807, 2.05) is 0 Å². The monoisotopic (exact) mass is 280 g/mol. The molecule has 0 aliphatic carbocycles. The summed E-state index contributed by atoms with van der Waals surface area (Å²) in [5.74, 6) is 0. The Morgan fingerprint density at radius 1 is 1.14 bits per heavy atom. The Bertz CT molecular complexity index is 256. The molecule has 0 rings (SSSR count). The molecule has 0 aliphatic rings. The van der Waals surface area contributed by atoms with E-state index >= 15 is 0 Å². The minimum atomic E-state index is -5.14. The van der Waals surface area contributed by atoms with Crippen LogP contribution in [0.15, 0.2) is 8.80 Å². The van der Waals surface area contributed by atoms with Crippen molar-refractivity contribution in [2.75, 3.05) is 0 Å². The van der Waals surface area contributed by atoms with E-state index in [-0.39, 0.29) is 0 Å². The summed E-state index contributed by atoms with van der Waals surface area (Å²) >= 11 is 0. The molecule has 7 nitrogen and oxygen atoms in total. The van der Waals surface area contributed by atoms with Gasteiger partial charge in [-0.25, -0.2) is 14.2 Å². The molecule has 0 unspecified atom stereocenters. The van der Waals surface area contributed by atoms with Crippen molar-refractivity contribution in [1.82, 2.24) is 0 Å². The van der Waals surface area contributed by atoms with Gasteiger partial charge in [0, 0.05) is 9.83 Å². The number of rotatable bonds is 4. The first-order chi connectivity index (χ1) is 6.41. The highest BCUT2D eigenvalue weighted by Crippen LogP contribution is 2.35. The number of carbonyl (C=O) groups excluding carboxylic acids is 2. The lowest BCUT2D eigenvalue weighted by Gasteiger charge is -1.77. The van der Waals surface area contributed by atoms with Gasteiger partial charge in [0.25, 0.3) is 0 Å². The van der Waals surface area contributed by atoms with Crippen molar-refractivity contribution in [3.8, 4) is 0 Å². The number of hydrogen-bond donors (Lipinski definition) is 2. The van der Waals surface area contributed by atoms with Crippen LogP contribution in [0.2, 0.25) is 0 Å². The summed E-state index contributed by atoms with van der Waals surface area (Å²) in [5.41, 5.74) is 0. The van der Waals surface area contributed by atoms with Crippen LogP contribution in [0.25, 0.3) is 0 Å².